The van der Waals surface area contributed by atoms with Gasteiger partial charge in [0, 0.05) is 18.7 Å². The molecule has 4 N–H and O–H groups in total. The molecular formula is C25H43ClN2O5. The molecule has 4 aliphatic carbocycles. The van der Waals surface area contributed by atoms with Crippen molar-refractivity contribution < 1.29 is 24.2 Å². The molecule has 0 radical (unpaired) electrons. The number of aliphatic hydroxyl groups is 1. The summed E-state index contributed by atoms with van der Waals surface area (Å²) < 4.78 is 10.9. The maximum atomic E-state index is 12.5. The van der Waals surface area contributed by atoms with E-state index in [1.807, 2.05) is 0 Å². The molecular weight excluding hydrogens is 444 g/mol. The third-order valence-electron chi connectivity index (χ3n) is 10.3. The number of hydrogen-bond donors (Lipinski definition) is 3. The van der Waals surface area contributed by atoms with E-state index < -0.39 is 0 Å². The van der Waals surface area contributed by atoms with Crippen LogP contribution in [0.2, 0.25) is 0 Å². The van der Waals surface area contributed by atoms with Crippen LogP contribution in [0.4, 0.5) is 4.79 Å². The number of hydrogen-bond acceptors (Lipinski definition) is 6. The predicted molar refractivity (Wildman–Crippen MR) is 128 cm³/mol. The molecule has 0 aromatic heterocycles. The zero-order valence-corrected chi connectivity index (χ0v) is 21.3. The summed E-state index contributed by atoms with van der Waals surface area (Å²) in [5.41, 5.74) is 6.99. The Morgan fingerprint density at radius 1 is 1.06 bits per heavy atom. The van der Waals surface area contributed by atoms with Gasteiger partial charge in [0.25, 0.3) is 0 Å². The number of aliphatic hydroxyl groups excluding tert-OH is 1. The zero-order valence-electron chi connectivity index (χ0n) is 20.4. The van der Waals surface area contributed by atoms with Crippen LogP contribution in [0.5, 0.6) is 0 Å². The van der Waals surface area contributed by atoms with Crippen LogP contribution in [0.25, 0.3) is 0 Å². The standard InChI is InChI=1S/C25H42N2O5.ClH/c1-23-10-7-17(32-22(30)27-13-4-14-28)15-16(23)5-6-19-18(23)8-11-24(2)20(21(29)31-3)9-12-25(19,24)26;/h16-20,28H,4-15,26H2,1-3H3,(H,27,30);1H/t16-,17+,18+,19-,20-,23+,24-,25+;/m1./s1. The Labute approximate surface area is 204 Å². The fourth-order valence-electron chi connectivity index (χ4n) is 8.38. The van der Waals surface area contributed by atoms with Crippen LogP contribution in [-0.2, 0) is 14.3 Å². The van der Waals surface area contributed by atoms with Gasteiger partial charge < -0.3 is 25.6 Å². The number of esters is 1. The molecule has 1 amide bonds. The molecule has 0 aromatic carbocycles. The fraction of sp³-hybridized carbons (Fsp3) is 0.920. The maximum absolute atomic E-state index is 12.5. The summed E-state index contributed by atoms with van der Waals surface area (Å²) in [5.74, 6) is 1.37. The molecule has 0 bridgehead atoms. The second-order valence-electron chi connectivity index (χ2n) is 11.4. The molecule has 0 spiro atoms. The number of alkyl carbamates (subject to hydrolysis) is 1. The SMILES string of the molecule is COC(=O)[C@H]1CC[C@]2(N)[C@@H]3CC[C@@H]4C[C@@H](OC(=O)NCCCO)CC[C@]4(C)[C@H]3CC[C@]12C.Cl. The van der Waals surface area contributed by atoms with Crippen molar-refractivity contribution in [3.8, 4) is 0 Å². The van der Waals surface area contributed by atoms with Crippen molar-refractivity contribution in [3.63, 3.8) is 0 Å². The minimum atomic E-state index is -0.366. The van der Waals surface area contributed by atoms with Crippen LogP contribution < -0.4 is 11.1 Å². The van der Waals surface area contributed by atoms with Crippen molar-refractivity contribution in [1.29, 1.82) is 0 Å². The summed E-state index contributed by atoms with van der Waals surface area (Å²) in [6.07, 6.45) is 9.08. The van der Waals surface area contributed by atoms with E-state index >= 15 is 0 Å². The van der Waals surface area contributed by atoms with Gasteiger partial charge in [0.15, 0.2) is 0 Å². The summed E-state index contributed by atoms with van der Waals surface area (Å²) in [5, 5.41) is 11.6. The molecule has 4 aliphatic rings. The summed E-state index contributed by atoms with van der Waals surface area (Å²) in [7, 11) is 1.49. The number of methoxy groups -OCH3 is 1. The maximum Gasteiger partial charge on any atom is 0.407 e. The first-order valence-electron chi connectivity index (χ1n) is 12.6. The smallest absolute Gasteiger partial charge is 0.407 e. The van der Waals surface area contributed by atoms with Gasteiger partial charge in [-0.15, -0.1) is 12.4 Å². The van der Waals surface area contributed by atoms with Gasteiger partial charge in [0.1, 0.15) is 6.10 Å². The van der Waals surface area contributed by atoms with Gasteiger partial charge in [-0.1, -0.05) is 13.8 Å². The molecule has 0 saturated heterocycles. The number of fused-ring (bicyclic) bond motifs is 5. The van der Waals surface area contributed by atoms with E-state index in [1.165, 1.54) is 7.11 Å². The Morgan fingerprint density at radius 2 is 1.82 bits per heavy atom. The lowest BCUT2D eigenvalue weighted by atomic mass is 9.42. The van der Waals surface area contributed by atoms with E-state index in [2.05, 4.69) is 19.2 Å². The Bertz CT molecular complexity index is 738. The topological polar surface area (TPSA) is 111 Å². The molecule has 7 nitrogen and oxygen atoms in total. The first-order chi connectivity index (χ1) is 15.2. The second-order valence-corrected chi connectivity index (χ2v) is 11.4. The third kappa shape index (κ3) is 4.27. The summed E-state index contributed by atoms with van der Waals surface area (Å²) in [6, 6.07) is 0. The molecule has 33 heavy (non-hydrogen) atoms. The van der Waals surface area contributed by atoms with Crippen molar-refractivity contribution >= 4 is 24.5 Å². The molecule has 0 aliphatic heterocycles. The average molecular weight is 487 g/mol. The van der Waals surface area contributed by atoms with Gasteiger partial charge in [0.05, 0.1) is 13.0 Å². The van der Waals surface area contributed by atoms with E-state index in [0.717, 1.165) is 57.8 Å². The predicted octanol–water partition coefficient (Wildman–Crippen LogP) is 3.80. The van der Waals surface area contributed by atoms with Crippen LogP contribution >= 0.6 is 12.4 Å². The van der Waals surface area contributed by atoms with Gasteiger partial charge in [-0.3, -0.25) is 4.79 Å². The van der Waals surface area contributed by atoms with E-state index in [9.17, 15) is 9.59 Å². The Kier molecular flexibility index (Phi) is 7.97. The van der Waals surface area contributed by atoms with Crippen LogP contribution in [0, 0.1) is 34.5 Å². The van der Waals surface area contributed by atoms with Crippen LogP contribution in [0.3, 0.4) is 0 Å². The summed E-state index contributed by atoms with van der Waals surface area (Å²) in [6.45, 7) is 5.20. The zero-order chi connectivity index (χ0) is 23.1. The normalized spacial score (nSPS) is 43.8. The number of carbonyl (C=O) groups is 2. The lowest BCUT2D eigenvalue weighted by Crippen LogP contribution is -2.66. The molecule has 190 valence electrons. The summed E-state index contributed by atoms with van der Waals surface area (Å²) in [4.78, 5) is 24.6. The summed E-state index contributed by atoms with van der Waals surface area (Å²) >= 11 is 0. The van der Waals surface area contributed by atoms with Crippen LogP contribution in [-0.4, -0.2) is 49.1 Å². The lowest BCUT2D eigenvalue weighted by molar-refractivity contribution is -0.160. The van der Waals surface area contributed by atoms with Crippen molar-refractivity contribution in [3.05, 3.63) is 0 Å². The quantitative estimate of drug-likeness (QED) is 0.402. The highest BCUT2D eigenvalue weighted by Gasteiger charge is 2.67. The van der Waals surface area contributed by atoms with Crippen LogP contribution in [0.15, 0.2) is 0 Å². The number of nitrogens with two attached hydrogens (primary N) is 1. The van der Waals surface area contributed by atoms with Gasteiger partial charge in [-0.2, -0.15) is 0 Å². The highest BCUT2D eigenvalue weighted by Crippen LogP contribution is 2.68. The van der Waals surface area contributed by atoms with Crippen molar-refractivity contribution in [2.75, 3.05) is 20.3 Å². The van der Waals surface area contributed by atoms with Gasteiger partial charge in [-0.05, 0) is 92.8 Å². The Balaban J connectivity index is 0.00000306. The largest absolute Gasteiger partial charge is 0.469 e. The van der Waals surface area contributed by atoms with E-state index in [-0.39, 0.29) is 59.5 Å². The first-order valence-corrected chi connectivity index (χ1v) is 12.6. The van der Waals surface area contributed by atoms with Crippen molar-refractivity contribution in [1.82, 2.24) is 5.32 Å². The highest BCUT2D eigenvalue weighted by atomic mass is 35.5. The number of amides is 1. The number of halogens is 1. The van der Waals surface area contributed by atoms with Crippen LogP contribution in [0.1, 0.15) is 78.1 Å². The second kappa shape index (κ2) is 9.90. The van der Waals surface area contributed by atoms with Crippen molar-refractivity contribution in [2.45, 2.75) is 89.7 Å². The van der Waals surface area contributed by atoms with E-state index in [4.69, 9.17) is 20.3 Å². The molecule has 8 atom stereocenters. The Morgan fingerprint density at radius 3 is 2.52 bits per heavy atom. The molecule has 0 aromatic rings. The lowest BCUT2D eigenvalue weighted by Gasteiger charge is -2.64. The van der Waals surface area contributed by atoms with Gasteiger partial charge >= 0.3 is 12.1 Å². The molecule has 8 heteroatoms. The molecule has 4 saturated carbocycles. The number of nitrogens with one attached hydrogen (secondary N) is 1. The minimum absolute atomic E-state index is 0. The third-order valence-corrected chi connectivity index (χ3v) is 10.3. The van der Waals surface area contributed by atoms with Crippen molar-refractivity contribution in [2.24, 2.45) is 40.2 Å². The minimum Gasteiger partial charge on any atom is -0.469 e. The Hall–Kier alpha value is -1.05. The van der Waals surface area contributed by atoms with E-state index in [0.29, 0.717) is 30.7 Å². The molecule has 4 rings (SSSR count). The van der Waals surface area contributed by atoms with E-state index in [1.54, 1.807) is 0 Å². The number of carbonyl (C=O) groups excluding carboxylic acids is 2. The number of ether oxygens (including phenoxy) is 2. The fourth-order valence-corrected chi connectivity index (χ4v) is 8.38. The monoisotopic (exact) mass is 486 g/mol. The molecule has 0 unspecified atom stereocenters. The number of rotatable bonds is 5. The molecule has 0 heterocycles. The van der Waals surface area contributed by atoms with Gasteiger partial charge in [0.2, 0.25) is 0 Å². The average Bonchev–Trinajstić information content (AvgIpc) is 3.05. The molecule has 4 fully saturated rings. The van der Waals surface area contributed by atoms with Gasteiger partial charge in [-0.25, -0.2) is 4.79 Å². The first kappa shape index (κ1) is 26.6. The highest BCUT2D eigenvalue weighted by molar-refractivity contribution is 5.85.